The first-order chi connectivity index (χ1) is 12.0. The van der Waals surface area contributed by atoms with E-state index in [2.05, 4.69) is 21.2 Å². The molecular formula is C18H18BrFN2O3. The fourth-order valence-corrected chi connectivity index (χ4v) is 3.32. The number of nitrogens with zero attached hydrogens (tertiary/aromatic N) is 1. The van der Waals surface area contributed by atoms with Crippen LogP contribution in [0.2, 0.25) is 0 Å². The third-order valence-electron chi connectivity index (χ3n) is 4.33. The van der Waals surface area contributed by atoms with Gasteiger partial charge in [-0.3, -0.25) is 9.59 Å². The van der Waals surface area contributed by atoms with Crippen LogP contribution in [0.15, 0.2) is 45.5 Å². The van der Waals surface area contributed by atoms with Crippen LogP contribution in [0.3, 0.4) is 0 Å². The maximum atomic E-state index is 13.4. The van der Waals surface area contributed by atoms with E-state index in [9.17, 15) is 14.0 Å². The van der Waals surface area contributed by atoms with Gasteiger partial charge in [0, 0.05) is 23.5 Å². The average Bonchev–Trinajstić information content (AvgIpc) is 3.15. The van der Waals surface area contributed by atoms with Crippen LogP contribution in [0.1, 0.15) is 29.0 Å². The van der Waals surface area contributed by atoms with E-state index in [1.54, 1.807) is 23.3 Å². The molecule has 1 saturated heterocycles. The number of carbonyl (C=O) groups is 2. The van der Waals surface area contributed by atoms with Gasteiger partial charge in [-0.1, -0.05) is 0 Å². The van der Waals surface area contributed by atoms with E-state index in [0.29, 0.717) is 48.3 Å². The second kappa shape index (κ2) is 7.82. The Morgan fingerprint density at radius 1 is 1.28 bits per heavy atom. The number of piperidine rings is 1. The Kier molecular flexibility index (Phi) is 5.53. The Labute approximate surface area is 153 Å². The molecular weight excluding hydrogens is 391 g/mol. The smallest absolute Gasteiger partial charge is 0.255 e. The van der Waals surface area contributed by atoms with Gasteiger partial charge in [0.1, 0.15) is 11.6 Å². The Morgan fingerprint density at radius 2 is 2.04 bits per heavy atom. The zero-order valence-electron chi connectivity index (χ0n) is 13.5. The number of benzene rings is 1. The summed E-state index contributed by atoms with van der Waals surface area (Å²) in [5.41, 5.74) is 0.306. The summed E-state index contributed by atoms with van der Waals surface area (Å²) in [6.45, 7) is 1.31. The van der Waals surface area contributed by atoms with Gasteiger partial charge in [0.2, 0.25) is 5.91 Å². The zero-order valence-corrected chi connectivity index (χ0v) is 15.1. The van der Waals surface area contributed by atoms with Crippen molar-refractivity contribution in [2.75, 3.05) is 13.1 Å². The summed E-state index contributed by atoms with van der Waals surface area (Å²) in [4.78, 5) is 26.4. The van der Waals surface area contributed by atoms with E-state index in [1.807, 2.05) is 0 Å². The van der Waals surface area contributed by atoms with Crippen LogP contribution in [0.5, 0.6) is 0 Å². The van der Waals surface area contributed by atoms with Crippen LogP contribution in [0, 0.1) is 11.7 Å². The first-order valence-corrected chi connectivity index (χ1v) is 8.88. The van der Waals surface area contributed by atoms with Crippen LogP contribution in [0.4, 0.5) is 4.39 Å². The van der Waals surface area contributed by atoms with E-state index in [4.69, 9.17) is 4.42 Å². The molecule has 1 fully saturated rings. The number of carbonyl (C=O) groups excluding carboxylic acids is 2. The monoisotopic (exact) mass is 408 g/mol. The first-order valence-electron chi connectivity index (χ1n) is 8.09. The van der Waals surface area contributed by atoms with Gasteiger partial charge in [-0.15, -0.1) is 0 Å². The molecule has 0 atom stereocenters. The van der Waals surface area contributed by atoms with Crippen molar-refractivity contribution in [2.45, 2.75) is 19.4 Å². The highest BCUT2D eigenvalue weighted by Crippen LogP contribution is 2.23. The Hall–Kier alpha value is -2.15. The number of amides is 2. The number of furan rings is 1. The van der Waals surface area contributed by atoms with Gasteiger partial charge >= 0.3 is 0 Å². The molecule has 1 aromatic carbocycles. The summed E-state index contributed by atoms with van der Waals surface area (Å²) in [5, 5.41) is 2.85. The third-order valence-corrected chi connectivity index (χ3v) is 5.02. The van der Waals surface area contributed by atoms with Gasteiger partial charge in [-0.25, -0.2) is 4.39 Å². The van der Waals surface area contributed by atoms with E-state index in [-0.39, 0.29) is 17.7 Å². The quantitative estimate of drug-likeness (QED) is 0.843. The topological polar surface area (TPSA) is 62.6 Å². The lowest BCUT2D eigenvalue weighted by Gasteiger charge is -2.31. The summed E-state index contributed by atoms with van der Waals surface area (Å²) < 4.78 is 19.1. The van der Waals surface area contributed by atoms with Gasteiger partial charge in [-0.05, 0) is 59.1 Å². The third kappa shape index (κ3) is 4.28. The standard InChI is InChI=1S/C18H18BrFN2O3/c19-16-4-3-13(20)10-15(16)18(24)22-7-5-12(6-8-22)17(23)21-11-14-2-1-9-25-14/h1-4,9-10,12H,5-8,11H2,(H,21,23). The summed E-state index contributed by atoms with van der Waals surface area (Å²) in [7, 11) is 0. The highest BCUT2D eigenvalue weighted by molar-refractivity contribution is 9.10. The molecule has 5 nitrogen and oxygen atoms in total. The molecule has 0 radical (unpaired) electrons. The maximum absolute atomic E-state index is 13.4. The second-order valence-corrected chi connectivity index (χ2v) is 6.84. The predicted octanol–water partition coefficient (Wildman–Crippen LogP) is 3.35. The summed E-state index contributed by atoms with van der Waals surface area (Å²) in [6, 6.07) is 7.64. The fraction of sp³-hybridized carbons (Fsp3) is 0.333. The highest BCUT2D eigenvalue weighted by Gasteiger charge is 2.28. The number of halogens is 2. The molecule has 7 heteroatoms. The zero-order chi connectivity index (χ0) is 17.8. The van der Waals surface area contributed by atoms with Crippen LogP contribution >= 0.6 is 15.9 Å². The number of likely N-dealkylation sites (tertiary alicyclic amines) is 1. The van der Waals surface area contributed by atoms with E-state index < -0.39 is 5.82 Å². The molecule has 3 rings (SSSR count). The molecule has 2 heterocycles. The van der Waals surface area contributed by atoms with Crippen LogP contribution in [-0.2, 0) is 11.3 Å². The lowest BCUT2D eigenvalue weighted by molar-refractivity contribution is -0.126. The molecule has 1 aliphatic heterocycles. The lowest BCUT2D eigenvalue weighted by atomic mass is 9.95. The van der Waals surface area contributed by atoms with Crippen molar-refractivity contribution in [1.82, 2.24) is 10.2 Å². The molecule has 1 aromatic heterocycles. The SMILES string of the molecule is O=C(NCc1ccco1)C1CCN(C(=O)c2cc(F)ccc2Br)CC1. The van der Waals surface area contributed by atoms with Gasteiger partial charge in [0.25, 0.3) is 5.91 Å². The summed E-state index contributed by atoms with van der Waals surface area (Å²) >= 11 is 3.28. The molecule has 1 aliphatic rings. The molecule has 25 heavy (non-hydrogen) atoms. The number of nitrogens with one attached hydrogen (secondary N) is 1. The Morgan fingerprint density at radius 3 is 2.72 bits per heavy atom. The van der Waals surface area contributed by atoms with Crippen molar-refractivity contribution in [3.8, 4) is 0 Å². The van der Waals surface area contributed by atoms with Crippen LogP contribution in [0.25, 0.3) is 0 Å². The molecule has 1 N–H and O–H groups in total. The largest absolute Gasteiger partial charge is 0.467 e. The summed E-state index contributed by atoms with van der Waals surface area (Å²) in [5.74, 6) is -0.123. The van der Waals surface area contributed by atoms with Gasteiger partial charge in [-0.2, -0.15) is 0 Å². The second-order valence-electron chi connectivity index (χ2n) is 5.99. The Bertz CT molecular complexity index is 756. The molecule has 2 amide bonds. The minimum Gasteiger partial charge on any atom is -0.467 e. The lowest BCUT2D eigenvalue weighted by Crippen LogP contribution is -2.43. The molecule has 0 saturated carbocycles. The van der Waals surface area contributed by atoms with Gasteiger partial charge < -0.3 is 14.6 Å². The van der Waals surface area contributed by atoms with Crippen molar-refractivity contribution in [2.24, 2.45) is 5.92 Å². The van der Waals surface area contributed by atoms with Crippen molar-refractivity contribution in [3.05, 3.63) is 58.2 Å². The molecule has 0 unspecified atom stereocenters. The first kappa shape index (κ1) is 17.7. The Balaban J connectivity index is 1.53. The predicted molar refractivity (Wildman–Crippen MR) is 93.3 cm³/mol. The van der Waals surface area contributed by atoms with Crippen molar-refractivity contribution >= 4 is 27.7 Å². The minimum atomic E-state index is -0.446. The van der Waals surface area contributed by atoms with E-state index >= 15 is 0 Å². The van der Waals surface area contributed by atoms with Crippen molar-refractivity contribution in [3.63, 3.8) is 0 Å². The minimum absolute atomic E-state index is 0.0320. The maximum Gasteiger partial charge on any atom is 0.255 e. The normalized spacial score (nSPS) is 15.2. The van der Waals surface area contributed by atoms with E-state index in [1.165, 1.54) is 18.2 Å². The van der Waals surface area contributed by atoms with Crippen LogP contribution < -0.4 is 5.32 Å². The van der Waals surface area contributed by atoms with Crippen LogP contribution in [-0.4, -0.2) is 29.8 Å². The molecule has 2 aromatic rings. The van der Waals surface area contributed by atoms with Crippen molar-refractivity contribution < 1.29 is 18.4 Å². The molecule has 0 aliphatic carbocycles. The molecule has 0 spiro atoms. The van der Waals surface area contributed by atoms with Gasteiger partial charge in [0.05, 0.1) is 18.4 Å². The van der Waals surface area contributed by atoms with Crippen molar-refractivity contribution in [1.29, 1.82) is 0 Å². The fourth-order valence-electron chi connectivity index (χ4n) is 2.91. The van der Waals surface area contributed by atoms with E-state index in [0.717, 1.165) is 0 Å². The number of rotatable bonds is 4. The molecule has 132 valence electrons. The molecule has 0 bridgehead atoms. The van der Waals surface area contributed by atoms with Gasteiger partial charge in [0.15, 0.2) is 0 Å². The average molecular weight is 409 g/mol. The summed E-state index contributed by atoms with van der Waals surface area (Å²) in [6.07, 6.45) is 2.74. The highest BCUT2D eigenvalue weighted by atomic mass is 79.9. The number of hydrogen-bond acceptors (Lipinski definition) is 3. The number of hydrogen-bond donors (Lipinski definition) is 1.